The third-order valence-electron chi connectivity index (χ3n) is 5.48. The van der Waals surface area contributed by atoms with Gasteiger partial charge in [-0.3, -0.25) is 9.59 Å². The van der Waals surface area contributed by atoms with E-state index in [9.17, 15) is 18.0 Å². The van der Waals surface area contributed by atoms with Gasteiger partial charge in [0, 0.05) is 23.9 Å². The quantitative estimate of drug-likeness (QED) is 0.395. The van der Waals surface area contributed by atoms with Gasteiger partial charge in [0.25, 0.3) is 0 Å². The van der Waals surface area contributed by atoms with Crippen LogP contribution in [-0.2, 0) is 32.5 Å². The number of hydrogen-bond acceptors (Lipinski definition) is 5. The molecule has 6 nitrogen and oxygen atoms in total. The van der Waals surface area contributed by atoms with Gasteiger partial charge in [-0.15, -0.1) is 0 Å². The summed E-state index contributed by atoms with van der Waals surface area (Å²) in [6.07, 6.45) is 1.67. The highest BCUT2D eigenvalue weighted by atomic mass is 32.2. The number of hydrogen-bond donors (Lipinski definition) is 0. The summed E-state index contributed by atoms with van der Waals surface area (Å²) in [5.74, 6) is -1.09. The van der Waals surface area contributed by atoms with Gasteiger partial charge in [-0.25, -0.2) is 8.42 Å². The summed E-state index contributed by atoms with van der Waals surface area (Å²) in [5, 5.41) is 1.10. The first-order valence-electron chi connectivity index (χ1n) is 10.5. The van der Waals surface area contributed by atoms with Crippen LogP contribution in [0.1, 0.15) is 27.0 Å². The van der Waals surface area contributed by atoms with Crippen molar-refractivity contribution in [1.29, 1.82) is 0 Å². The lowest BCUT2D eigenvalue weighted by Gasteiger charge is -2.33. The van der Waals surface area contributed by atoms with E-state index in [1.807, 2.05) is 42.5 Å². The summed E-state index contributed by atoms with van der Waals surface area (Å²) in [5.41, 5.74) is 2.87. The molecule has 1 heterocycles. The van der Waals surface area contributed by atoms with E-state index in [0.717, 1.165) is 26.4 Å². The van der Waals surface area contributed by atoms with Gasteiger partial charge in [-0.2, -0.15) is 4.31 Å². The molecular weight excluding hydrogens is 438 g/mol. The second kappa shape index (κ2) is 9.94. The van der Waals surface area contributed by atoms with Crippen molar-refractivity contribution in [2.24, 2.45) is 0 Å². The molecule has 4 rings (SSSR count). The lowest BCUT2D eigenvalue weighted by Crippen LogP contribution is -2.48. The Hall–Kier alpha value is -3.55. The van der Waals surface area contributed by atoms with Crippen LogP contribution in [0.4, 0.5) is 0 Å². The van der Waals surface area contributed by atoms with Crippen molar-refractivity contribution in [1.82, 2.24) is 4.31 Å². The van der Waals surface area contributed by atoms with Crippen LogP contribution in [0.2, 0.25) is 0 Å². The van der Waals surface area contributed by atoms with Crippen LogP contribution >= 0.6 is 0 Å². The first-order chi connectivity index (χ1) is 15.9. The summed E-state index contributed by atoms with van der Waals surface area (Å²) in [4.78, 5) is 25.3. The van der Waals surface area contributed by atoms with Crippen molar-refractivity contribution in [2.75, 3.05) is 6.61 Å². The lowest BCUT2D eigenvalue weighted by atomic mass is 9.96. The minimum atomic E-state index is -3.94. The lowest BCUT2D eigenvalue weighted by molar-refractivity contribution is -0.147. The number of rotatable bonds is 7. The zero-order valence-corrected chi connectivity index (χ0v) is 18.6. The van der Waals surface area contributed by atoms with Crippen LogP contribution in [0, 0.1) is 0 Å². The number of ketones is 1. The molecule has 0 N–H and O–H groups in total. The first kappa shape index (κ1) is 22.6. The average Bonchev–Trinajstić information content (AvgIpc) is 2.86. The summed E-state index contributed by atoms with van der Waals surface area (Å²) in [7, 11) is -3.94. The summed E-state index contributed by atoms with van der Waals surface area (Å²) < 4.78 is 32.8. The molecule has 1 aliphatic heterocycles. The minimum absolute atomic E-state index is 0.0457. The molecule has 7 heteroatoms. The number of sulfonamides is 1. The Morgan fingerprint density at radius 1 is 0.879 bits per heavy atom. The number of Topliss-reactive ketones (excluding diaryl/α,β-unsaturated/α-hetero) is 1. The third-order valence-corrected chi connectivity index (χ3v) is 7.00. The van der Waals surface area contributed by atoms with Crippen LogP contribution in [0.25, 0.3) is 6.08 Å². The van der Waals surface area contributed by atoms with Gasteiger partial charge in [0.1, 0.15) is 6.04 Å². The van der Waals surface area contributed by atoms with Gasteiger partial charge >= 0.3 is 5.97 Å². The Morgan fingerprint density at radius 2 is 1.48 bits per heavy atom. The number of esters is 1. The fourth-order valence-electron chi connectivity index (χ4n) is 3.71. The number of fused-ring (bicyclic) bond motifs is 1. The van der Waals surface area contributed by atoms with Crippen LogP contribution < -0.4 is 0 Å². The Bertz CT molecular complexity index is 1270. The highest BCUT2D eigenvalue weighted by Gasteiger charge is 2.39. The van der Waals surface area contributed by atoms with Crippen LogP contribution in [0.5, 0.6) is 0 Å². The molecule has 33 heavy (non-hydrogen) atoms. The van der Waals surface area contributed by atoms with Crippen molar-refractivity contribution < 1.29 is 22.7 Å². The molecule has 0 saturated carbocycles. The molecule has 0 aromatic heterocycles. The molecule has 0 radical (unpaired) electrons. The molecule has 0 unspecified atom stereocenters. The van der Waals surface area contributed by atoms with Gasteiger partial charge < -0.3 is 4.74 Å². The van der Waals surface area contributed by atoms with E-state index in [0.29, 0.717) is 5.56 Å². The van der Waals surface area contributed by atoms with E-state index in [1.165, 1.54) is 6.08 Å². The molecule has 0 fully saturated rings. The van der Waals surface area contributed by atoms with E-state index < -0.39 is 28.6 Å². The van der Waals surface area contributed by atoms with Crippen LogP contribution in [-0.4, -0.2) is 37.1 Å². The molecular formula is C26H23NO5S. The Labute approximate surface area is 193 Å². The largest absolute Gasteiger partial charge is 0.456 e. The molecule has 3 aromatic carbocycles. The van der Waals surface area contributed by atoms with Crippen molar-refractivity contribution in [3.8, 4) is 0 Å². The summed E-state index contributed by atoms with van der Waals surface area (Å²) >= 11 is 0. The molecule has 1 aliphatic rings. The maximum Gasteiger partial charge on any atom is 0.325 e. The molecule has 1 atom stereocenters. The molecule has 168 valence electrons. The van der Waals surface area contributed by atoms with Gasteiger partial charge in [0.2, 0.25) is 10.0 Å². The Morgan fingerprint density at radius 3 is 2.18 bits per heavy atom. The maximum absolute atomic E-state index is 13.2. The molecule has 0 aliphatic carbocycles. The highest BCUT2D eigenvalue weighted by molar-refractivity contribution is 7.92. The zero-order chi connectivity index (χ0) is 23.3. The Balaban J connectivity index is 1.56. The molecule has 0 spiro atoms. The van der Waals surface area contributed by atoms with Gasteiger partial charge in [-0.05, 0) is 22.8 Å². The van der Waals surface area contributed by atoms with E-state index in [1.54, 1.807) is 42.5 Å². The number of benzene rings is 3. The maximum atomic E-state index is 13.2. The standard InChI is InChI=1S/C26H23NO5S/c28-25(21-11-5-2-6-12-21)19-32-26(29)24-17-22-13-7-8-14-23(22)18-27(24)33(30,31)16-15-20-9-3-1-4-10-20/h1-16,24H,17-19H2/b16-15+/t24-/m1/s1. The second-order valence-corrected chi connectivity index (χ2v) is 9.46. The Kier molecular flexibility index (Phi) is 6.82. The van der Waals surface area contributed by atoms with Crippen molar-refractivity contribution in [2.45, 2.75) is 19.0 Å². The SMILES string of the molecule is O=C(COC(=O)[C@H]1Cc2ccccc2CN1S(=O)(=O)/C=C/c1ccccc1)c1ccccc1. The molecule has 3 aromatic rings. The van der Waals surface area contributed by atoms with Crippen molar-refractivity contribution >= 4 is 27.9 Å². The average molecular weight is 462 g/mol. The number of nitrogens with zero attached hydrogens (tertiary/aromatic N) is 1. The zero-order valence-electron chi connectivity index (χ0n) is 17.8. The van der Waals surface area contributed by atoms with Crippen LogP contribution in [0.3, 0.4) is 0 Å². The number of ether oxygens (including phenoxy) is 1. The van der Waals surface area contributed by atoms with Gasteiger partial charge in [-0.1, -0.05) is 84.9 Å². The van der Waals surface area contributed by atoms with E-state index in [4.69, 9.17) is 4.74 Å². The molecule has 0 bridgehead atoms. The highest BCUT2D eigenvalue weighted by Crippen LogP contribution is 2.27. The predicted octanol–water partition coefficient (Wildman–Crippen LogP) is 3.84. The number of carbonyl (C=O) groups excluding carboxylic acids is 2. The number of carbonyl (C=O) groups is 2. The van der Waals surface area contributed by atoms with E-state index >= 15 is 0 Å². The smallest absolute Gasteiger partial charge is 0.325 e. The second-order valence-electron chi connectivity index (χ2n) is 7.69. The van der Waals surface area contributed by atoms with Gasteiger partial charge in [0.05, 0.1) is 0 Å². The van der Waals surface area contributed by atoms with Crippen LogP contribution in [0.15, 0.2) is 90.3 Å². The van der Waals surface area contributed by atoms with E-state index in [2.05, 4.69) is 0 Å². The van der Waals surface area contributed by atoms with E-state index in [-0.39, 0.29) is 18.7 Å². The molecule has 0 amide bonds. The fourth-order valence-corrected chi connectivity index (χ4v) is 5.03. The monoisotopic (exact) mass is 461 g/mol. The first-order valence-corrected chi connectivity index (χ1v) is 12.0. The van der Waals surface area contributed by atoms with Gasteiger partial charge in [0.15, 0.2) is 12.4 Å². The fraction of sp³-hybridized carbons (Fsp3) is 0.154. The minimum Gasteiger partial charge on any atom is -0.456 e. The topological polar surface area (TPSA) is 80.8 Å². The van der Waals surface area contributed by atoms with Crippen molar-refractivity contribution in [3.05, 3.63) is 113 Å². The predicted molar refractivity (Wildman–Crippen MR) is 126 cm³/mol. The normalized spacial score (nSPS) is 16.3. The summed E-state index contributed by atoms with van der Waals surface area (Å²) in [6, 6.07) is 23.9. The third kappa shape index (κ3) is 5.45. The van der Waals surface area contributed by atoms with Crippen molar-refractivity contribution in [3.63, 3.8) is 0 Å². The molecule has 0 saturated heterocycles. The summed E-state index contributed by atoms with van der Waals surface area (Å²) in [6.45, 7) is -0.404.